The Morgan fingerprint density at radius 2 is 2.00 bits per heavy atom. The molecule has 25 heavy (non-hydrogen) atoms. The van der Waals surface area contributed by atoms with Crippen LogP contribution in [0.15, 0.2) is 59.1 Å². The van der Waals surface area contributed by atoms with Gasteiger partial charge in [0.2, 0.25) is 11.7 Å². The van der Waals surface area contributed by atoms with E-state index in [1.54, 1.807) is 7.11 Å². The molecule has 1 unspecified atom stereocenters. The van der Waals surface area contributed by atoms with Gasteiger partial charge in [0.05, 0.1) is 13.7 Å². The van der Waals surface area contributed by atoms with Crippen molar-refractivity contribution < 1.29 is 14.4 Å². The number of nitrogens with zero attached hydrogens (tertiary/aromatic N) is 2. The second-order valence-electron chi connectivity index (χ2n) is 5.60. The fourth-order valence-corrected chi connectivity index (χ4v) is 2.62. The van der Waals surface area contributed by atoms with E-state index in [2.05, 4.69) is 15.5 Å². The minimum Gasteiger partial charge on any atom is -0.497 e. The Balaban J connectivity index is 1.68. The molecule has 3 rings (SSSR count). The van der Waals surface area contributed by atoms with Crippen LogP contribution >= 0.6 is 0 Å². The Morgan fingerprint density at radius 1 is 1.16 bits per heavy atom. The van der Waals surface area contributed by atoms with Crippen molar-refractivity contribution in [1.29, 1.82) is 0 Å². The maximum atomic E-state index is 9.29. The monoisotopic (exact) mass is 339 g/mol. The fourth-order valence-electron chi connectivity index (χ4n) is 2.62. The van der Waals surface area contributed by atoms with Crippen LogP contribution in [-0.4, -0.2) is 29.0 Å². The standard InChI is InChI=1S/C19H21N3O3/c1-24-16-9-5-8-15(12-16)19-21-18(25-22-19)13-20-17(10-11-23)14-6-3-2-4-7-14/h2-9,12,17,20,23H,10-11,13H2,1H3. The van der Waals surface area contributed by atoms with Crippen molar-refractivity contribution in [2.45, 2.75) is 19.0 Å². The molecule has 0 amide bonds. The molecule has 0 spiro atoms. The summed E-state index contributed by atoms with van der Waals surface area (Å²) in [6.07, 6.45) is 0.612. The largest absolute Gasteiger partial charge is 0.497 e. The van der Waals surface area contributed by atoms with Crippen LogP contribution in [0.25, 0.3) is 11.4 Å². The number of rotatable bonds is 8. The molecule has 3 aromatic rings. The smallest absolute Gasteiger partial charge is 0.240 e. The molecular formula is C19H21N3O3. The topological polar surface area (TPSA) is 80.4 Å². The van der Waals surface area contributed by atoms with Gasteiger partial charge >= 0.3 is 0 Å². The van der Waals surface area contributed by atoms with Crippen LogP contribution in [0.4, 0.5) is 0 Å². The maximum Gasteiger partial charge on any atom is 0.240 e. The normalized spacial score (nSPS) is 12.1. The molecule has 0 bridgehead atoms. The summed E-state index contributed by atoms with van der Waals surface area (Å²) in [6.45, 7) is 0.530. The molecule has 6 nitrogen and oxygen atoms in total. The van der Waals surface area contributed by atoms with Gasteiger partial charge in [0.1, 0.15) is 5.75 Å². The number of hydrogen-bond donors (Lipinski definition) is 2. The van der Waals surface area contributed by atoms with Gasteiger partial charge in [0.25, 0.3) is 0 Å². The quantitative estimate of drug-likeness (QED) is 0.657. The van der Waals surface area contributed by atoms with Crippen LogP contribution in [0.2, 0.25) is 0 Å². The molecule has 1 atom stereocenters. The van der Waals surface area contributed by atoms with Crippen molar-refractivity contribution in [3.8, 4) is 17.1 Å². The van der Waals surface area contributed by atoms with Crippen molar-refractivity contribution in [2.24, 2.45) is 0 Å². The van der Waals surface area contributed by atoms with Crippen LogP contribution < -0.4 is 10.1 Å². The zero-order valence-electron chi connectivity index (χ0n) is 14.1. The highest BCUT2D eigenvalue weighted by molar-refractivity contribution is 5.56. The molecule has 2 aromatic carbocycles. The van der Waals surface area contributed by atoms with Crippen LogP contribution in [0.1, 0.15) is 23.9 Å². The second kappa shape index (κ2) is 8.41. The summed E-state index contributed by atoms with van der Waals surface area (Å²) >= 11 is 0. The van der Waals surface area contributed by atoms with Crippen molar-refractivity contribution in [1.82, 2.24) is 15.5 Å². The average Bonchev–Trinajstić information content (AvgIpc) is 3.15. The molecule has 0 radical (unpaired) electrons. The maximum absolute atomic E-state index is 9.29. The number of nitrogens with one attached hydrogen (secondary N) is 1. The van der Waals surface area contributed by atoms with Crippen LogP contribution in [0.5, 0.6) is 5.75 Å². The van der Waals surface area contributed by atoms with E-state index < -0.39 is 0 Å². The van der Waals surface area contributed by atoms with E-state index in [1.807, 2.05) is 54.6 Å². The van der Waals surface area contributed by atoms with E-state index in [0.717, 1.165) is 16.9 Å². The molecular weight excluding hydrogens is 318 g/mol. The summed E-state index contributed by atoms with van der Waals surface area (Å²) in [7, 11) is 1.62. The van der Waals surface area contributed by atoms with Crippen LogP contribution in [-0.2, 0) is 6.54 Å². The van der Waals surface area contributed by atoms with E-state index in [9.17, 15) is 5.11 Å². The number of aliphatic hydroxyl groups excluding tert-OH is 1. The van der Waals surface area contributed by atoms with Gasteiger partial charge in [-0.3, -0.25) is 0 Å². The predicted octanol–water partition coefficient (Wildman–Crippen LogP) is 2.96. The molecule has 1 heterocycles. The number of methoxy groups -OCH3 is 1. The fraction of sp³-hybridized carbons (Fsp3) is 0.263. The predicted molar refractivity (Wildman–Crippen MR) is 94.0 cm³/mol. The van der Waals surface area contributed by atoms with Gasteiger partial charge in [-0.2, -0.15) is 4.98 Å². The summed E-state index contributed by atoms with van der Waals surface area (Å²) in [5.41, 5.74) is 1.95. The van der Waals surface area contributed by atoms with Crippen LogP contribution in [0, 0.1) is 0 Å². The van der Waals surface area contributed by atoms with E-state index >= 15 is 0 Å². The van der Waals surface area contributed by atoms with Gasteiger partial charge in [0.15, 0.2) is 0 Å². The summed E-state index contributed by atoms with van der Waals surface area (Å²) in [5.74, 6) is 1.76. The third-order valence-electron chi connectivity index (χ3n) is 3.92. The highest BCUT2D eigenvalue weighted by atomic mass is 16.5. The molecule has 6 heteroatoms. The lowest BCUT2D eigenvalue weighted by Crippen LogP contribution is -2.22. The van der Waals surface area contributed by atoms with E-state index in [-0.39, 0.29) is 12.6 Å². The first-order valence-corrected chi connectivity index (χ1v) is 8.16. The Labute approximate surface area is 146 Å². The summed E-state index contributed by atoms with van der Waals surface area (Å²) < 4.78 is 10.5. The molecule has 1 aromatic heterocycles. The third-order valence-corrected chi connectivity index (χ3v) is 3.92. The van der Waals surface area contributed by atoms with E-state index in [4.69, 9.17) is 9.26 Å². The molecule has 0 aliphatic heterocycles. The first-order chi connectivity index (χ1) is 12.3. The van der Waals surface area contributed by atoms with Gasteiger partial charge in [-0.1, -0.05) is 47.6 Å². The van der Waals surface area contributed by atoms with Crippen molar-refractivity contribution in [3.05, 3.63) is 66.1 Å². The van der Waals surface area contributed by atoms with Gasteiger partial charge in [0, 0.05) is 18.2 Å². The first kappa shape index (κ1) is 17.1. The van der Waals surface area contributed by atoms with Gasteiger partial charge in [-0.25, -0.2) is 0 Å². The third kappa shape index (κ3) is 4.43. The van der Waals surface area contributed by atoms with Crippen molar-refractivity contribution >= 4 is 0 Å². The van der Waals surface area contributed by atoms with Gasteiger partial charge in [-0.05, 0) is 24.1 Å². The molecule has 0 aliphatic carbocycles. The molecule has 130 valence electrons. The summed E-state index contributed by atoms with van der Waals surface area (Å²) in [5, 5.41) is 16.7. The number of aliphatic hydroxyl groups is 1. The molecule has 0 fully saturated rings. The Morgan fingerprint density at radius 3 is 2.76 bits per heavy atom. The highest BCUT2D eigenvalue weighted by Crippen LogP contribution is 2.22. The van der Waals surface area contributed by atoms with Gasteiger partial charge < -0.3 is 19.7 Å². The second-order valence-corrected chi connectivity index (χ2v) is 5.60. The molecule has 0 aliphatic rings. The number of ether oxygens (including phenoxy) is 1. The average molecular weight is 339 g/mol. The zero-order chi connectivity index (χ0) is 17.5. The molecule has 0 saturated carbocycles. The lowest BCUT2D eigenvalue weighted by atomic mass is 10.0. The summed E-state index contributed by atoms with van der Waals surface area (Å²) in [4.78, 5) is 4.42. The summed E-state index contributed by atoms with van der Waals surface area (Å²) in [6, 6.07) is 17.5. The zero-order valence-corrected chi connectivity index (χ0v) is 14.1. The molecule has 0 saturated heterocycles. The molecule has 2 N–H and O–H groups in total. The van der Waals surface area contributed by atoms with E-state index in [1.165, 1.54) is 0 Å². The highest BCUT2D eigenvalue weighted by Gasteiger charge is 2.13. The number of aromatic nitrogens is 2. The number of hydrogen-bond acceptors (Lipinski definition) is 6. The van der Waals surface area contributed by atoms with Crippen LogP contribution in [0.3, 0.4) is 0 Å². The Bertz CT molecular complexity index is 789. The Hall–Kier alpha value is -2.70. The lowest BCUT2D eigenvalue weighted by Gasteiger charge is -2.16. The van der Waals surface area contributed by atoms with Crippen molar-refractivity contribution in [2.75, 3.05) is 13.7 Å². The first-order valence-electron chi connectivity index (χ1n) is 8.16. The number of benzene rings is 2. The minimum atomic E-state index is 0.0263. The Kier molecular flexibility index (Phi) is 5.77. The lowest BCUT2D eigenvalue weighted by molar-refractivity contribution is 0.261. The van der Waals surface area contributed by atoms with Crippen molar-refractivity contribution in [3.63, 3.8) is 0 Å². The SMILES string of the molecule is COc1cccc(-c2noc(CNC(CCO)c3ccccc3)n2)c1. The van der Waals surface area contributed by atoms with Gasteiger partial charge in [-0.15, -0.1) is 0 Å². The van der Waals surface area contributed by atoms with E-state index in [0.29, 0.717) is 24.7 Å². The minimum absolute atomic E-state index is 0.0263.